The van der Waals surface area contributed by atoms with E-state index in [9.17, 15) is 0 Å². The third kappa shape index (κ3) is 1.56. The Morgan fingerprint density at radius 3 is 3.09 bits per heavy atom. The van der Waals surface area contributed by atoms with Crippen LogP contribution in [0.1, 0.15) is 25.7 Å². The summed E-state index contributed by atoms with van der Waals surface area (Å²) in [6, 6.07) is 0.635. The molecule has 2 aliphatic rings. The number of rotatable bonds is 1. The van der Waals surface area contributed by atoms with Gasteiger partial charge in [0.15, 0.2) is 0 Å². The van der Waals surface area contributed by atoms with E-state index in [1.54, 1.807) is 0 Å². The van der Waals surface area contributed by atoms with Crippen molar-refractivity contribution in [1.82, 2.24) is 5.32 Å². The van der Waals surface area contributed by atoms with Crippen molar-refractivity contribution >= 4 is 0 Å². The average Bonchev–Trinajstić information content (AvgIpc) is 2.58. The van der Waals surface area contributed by atoms with E-state index < -0.39 is 0 Å². The summed E-state index contributed by atoms with van der Waals surface area (Å²) in [6.45, 7) is 2.10. The van der Waals surface area contributed by atoms with Crippen LogP contribution in [0.5, 0.6) is 0 Å². The van der Waals surface area contributed by atoms with Crippen molar-refractivity contribution in [2.75, 3.05) is 13.2 Å². The standard InChI is InChI=1S/C9H15NO/c1-4-9(10-5-1)8-3-2-6-11-7-8/h7,9-10H,1-6H2. The highest BCUT2D eigenvalue weighted by molar-refractivity contribution is 5.11. The van der Waals surface area contributed by atoms with E-state index in [1.807, 2.05) is 6.26 Å². The lowest BCUT2D eigenvalue weighted by Gasteiger charge is -2.18. The minimum atomic E-state index is 0.635. The number of hydrogen-bond donors (Lipinski definition) is 1. The maximum atomic E-state index is 5.29. The summed E-state index contributed by atoms with van der Waals surface area (Å²) in [5.41, 5.74) is 1.48. The van der Waals surface area contributed by atoms with Crippen molar-refractivity contribution < 1.29 is 4.74 Å². The molecule has 2 nitrogen and oxygen atoms in total. The predicted octanol–water partition coefficient (Wildman–Crippen LogP) is 1.43. The third-order valence-electron chi connectivity index (χ3n) is 2.47. The highest BCUT2D eigenvalue weighted by atomic mass is 16.5. The molecule has 2 heterocycles. The van der Waals surface area contributed by atoms with Crippen LogP contribution in [0.25, 0.3) is 0 Å². The molecule has 2 heteroatoms. The second-order valence-corrected chi connectivity index (χ2v) is 3.32. The second-order valence-electron chi connectivity index (χ2n) is 3.32. The van der Waals surface area contributed by atoms with Gasteiger partial charge in [0.25, 0.3) is 0 Å². The van der Waals surface area contributed by atoms with Gasteiger partial charge in [0, 0.05) is 6.04 Å². The monoisotopic (exact) mass is 153 g/mol. The molecule has 0 saturated carbocycles. The van der Waals surface area contributed by atoms with Crippen LogP contribution in [0, 0.1) is 0 Å². The molecule has 2 aliphatic heterocycles. The minimum absolute atomic E-state index is 0.635. The molecule has 1 atom stereocenters. The van der Waals surface area contributed by atoms with E-state index in [0.717, 1.165) is 6.61 Å². The van der Waals surface area contributed by atoms with Gasteiger partial charge in [-0.1, -0.05) is 0 Å². The zero-order valence-electron chi connectivity index (χ0n) is 6.81. The molecule has 0 spiro atoms. The van der Waals surface area contributed by atoms with Gasteiger partial charge in [0.2, 0.25) is 0 Å². The first-order chi connectivity index (χ1) is 5.47. The zero-order valence-corrected chi connectivity index (χ0v) is 6.81. The number of hydrogen-bond acceptors (Lipinski definition) is 2. The zero-order chi connectivity index (χ0) is 7.52. The van der Waals surface area contributed by atoms with Crippen LogP contribution < -0.4 is 5.32 Å². The van der Waals surface area contributed by atoms with Gasteiger partial charge in [0.1, 0.15) is 0 Å². The minimum Gasteiger partial charge on any atom is -0.501 e. The SMILES string of the molecule is C1=C(C2CCCN2)CCCO1. The molecular weight excluding hydrogens is 138 g/mol. The van der Waals surface area contributed by atoms with Crippen molar-refractivity contribution in [3.63, 3.8) is 0 Å². The maximum absolute atomic E-state index is 5.29. The van der Waals surface area contributed by atoms with Crippen LogP contribution in [0.3, 0.4) is 0 Å². The largest absolute Gasteiger partial charge is 0.501 e. The van der Waals surface area contributed by atoms with Crippen LogP contribution in [0.2, 0.25) is 0 Å². The number of ether oxygens (including phenoxy) is 1. The summed E-state index contributed by atoms with van der Waals surface area (Å²) in [5.74, 6) is 0. The van der Waals surface area contributed by atoms with Crippen LogP contribution in [0.4, 0.5) is 0 Å². The highest BCUT2D eigenvalue weighted by Gasteiger charge is 2.19. The van der Waals surface area contributed by atoms with E-state index in [2.05, 4.69) is 5.32 Å². The lowest BCUT2D eigenvalue weighted by molar-refractivity contribution is 0.220. The van der Waals surface area contributed by atoms with Gasteiger partial charge in [-0.15, -0.1) is 0 Å². The Kier molecular flexibility index (Phi) is 2.13. The Labute approximate surface area is 67.6 Å². The van der Waals surface area contributed by atoms with Crippen molar-refractivity contribution in [2.45, 2.75) is 31.7 Å². The maximum Gasteiger partial charge on any atom is 0.0876 e. The summed E-state index contributed by atoms with van der Waals surface area (Å²) in [4.78, 5) is 0. The molecular formula is C9H15NO. The Morgan fingerprint density at radius 2 is 2.45 bits per heavy atom. The molecule has 2 rings (SSSR count). The summed E-state index contributed by atoms with van der Waals surface area (Å²) in [5, 5.41) is 3.48. The summed E-state index contributed by atoms with van der Waals surface area (Å²) < 4.78 is 5.29. The molecule has 0 bridgehead atoms. The average molecular weight is 153 g/mol. The Bertz CT molecular complexity index is 159. The molecule has 0 radical (unpaired) electrons. The van der Waals surface area contributed by atoms with Crippen molar-refractivity contribution in [3.05, 3.63) is 11.8 Å². The molecule has 1 saturated heterocycles. The molecule has 0 aromatic rings. The smallest absolute Gasteiger partial charge is 0.0876 e. The Hall–Kier alpha value is -0.500. The Morgan fingerprint density at radius 1 is 1.45 bits per heavy atom. The molecule has 11 heavy (non-hydrogen) atoms. The fraction of sp³-hybridized carbons (Fsp3) is 0.778. The first-order valence-corrected chi connectivity index (χ1v) is 4.51. The van der Waals surface area contributed by atoms with E-state index in [4.69, 9.17) is 4.74 Å². The molecule has 0 amide bonds. The summed E-state index contributed by atoms with van der Waals surface area (Å²) in [6.07, 6.45) is 7.02. The quantitative estimate of drug-likeness (QED) is 0.615. The van der Waals surface area contributed by atoms with E-state index in [-0.39, 0.29) is 0 Å². The summed E-state index contributed by atoms with van der Waals surface area (Å²) >= 11 is 0. The Balaban J connectivity index is 1.96. The molecule has 1 unspecified atom stereocenters. The van der Waals surface area contributed by atoms with E-state index in [1.165, 1.54) is 37.8 Å². The fourth-order valence-corrected chi connectivity index (χ4v) is 1.84. The lowest BCUT2D eigenvalue weighted by atomic mass is 10.0. The highest BCUT2D eigenvalue weighted by Crippen LogP contribution is 2.21. The topological polar surface area (TPSA) is 21.3 Å². The first-order valence-electron chi connectivity index (χ1n) is 4.51. The van der Waals surface area contributed by atoms with Gasteiger partial charge in [-0.3, -0.25) is 0 Å². The normalized spacial score (nSPS) is 31.3. The lowest BCUT2D eigenvalue weighted by Crippen LogP contribution is -2.25. The van der Waals surface area contributed by atoms with Crippen LogP contribution in [-0.2, 0) is 4.74 Å². The van der Waals surface area contributed by atoms with Crippen LogP contribution in [-0.4, -0.2) is 19.2 Å². The van der Waals surface area contributed by atoms with Gasteiger partial charge in [-0.25, -0.2) is 0 Å². The van der Waals surface area contributed by atoms with Gasteiger partial charge < -0.3 is 10.1 Å². The van der Waals surface area contributed by atoms with E-state index in [0.29, 0.717) is 6.04 Å². The molecule has 0 aromatic heterocycles. The molecule has 0 aliphatic carbocycles. The van der Waals surface area contributed by atoms with E-state index >= 15 is 0 Å². The predicted molar refractivity (Wildman–Crippen MR) is 44.3 cm³/mol. The number of nitrogens with one attached hydrogen (secondary N) is 1. The van der Waals surface area contributed by atoms with Crippen molar-refractivity contribution in [3.8, 4) is 0 Å². The van der Waals surface area contributed by atoms with Crippen molar-refractivity contribution in [2.24, 2.45) is 0 Å². The molecule has 0 aromatic carbocycles. The van der Waals surface area contributed by atoms with Gasteiger partial charge >= 0.3 is 0 Å². The fourth-order valence-electron chi connectivity index (χ4n) is 1.84. The first kappa shape index (κ1) is 7.17. The molecule has 1 N–H and O–H groups in total. The van der Waals surface area contributed by atoms with Gasteiger partial charge in [0.05, 0.1) is 12.9 Å². The third-order valence-corrected chi connectivity index (χ3v) is 2.47. The van der Waals surface area contributed by atoms with Crippen LogP contribution >= 0.6 is 0 Å². The van der Waals surface area contributed by atoms with Gasteiger partial charge in [-0.05, 0) is 37.8 Å². The molecule has 1 fully saturated rings. The van der Waals surface area contributed by atoms with Gasteiger partial charge in [-0.2, -0.15) is 0 Å². The summed E-state index contributed by atoms with van der Waals surface area (Å²) in [7, 11) is 0. The second kappa shape index (κ2) is 3.26. The van der Waals surface area contributed by atoms with Crippen LogP contribution in [0.15, 0.2) is 11.8 Å². The van der Waals surface area contributed by atoms with Crippen molar-refractivity contribution in [1.29, 1.82) is 0 Å². The molecule has 62 valence electrons.